The average Bonchev–Trinajstić information content (AvgIpc) is 3.42. The minimum absolute atomic E-state index is 0.202. The number of nitrogens with zero attached hydrogens (tertiary/aromatic N) is 7. The van der Waals surface area contributed by atoms with Crippen LogP contribution in [0.4, 0.5) is 0 Å². The molecule has 3 heterocycles. The number of hydrogen-bond donors (Lipinski definition) is 0. The lowest BCUT2D eigenvalue weighted by molar-refractivity contribution is 0.00145. The highest BCUT2D eigenvalue weighted by Crippen LogP contribution is 2.26. The number of hydrogen-bond acceptors (Lipinski definition) is 8. The Balaban J connectivity index is 1.33. The maximum absolute atomic E-state index is 11.7. The van der Waals surface area contributed by atoms with Crippen molar-refractivity contribution in [2.24, 2.45) is 0 Å². The molecule has 1 saturated heterocycles. The van der Waals surface area contributed by atoms with Crippen molar-refractivity contribution in [2.75, 3.05) is 39.8 Å². The number of piperazine rings is 1. The van der Waals surface area contributed by atoms with Crippen LogP contribution < -0.4 is 0 Å². The number of tetrazole rings is 1. The molecule has 2 aliphatic rings. The number of aromatic nitrogens is 4. The summed E-state index contributed by atoms with van der Waals surface area (Å²) in [6, 6.07) is 3.98. The molecule has 158 valence electrons. The van der Waals surface area contributed by atoms with Crippen molar-refractivity contribution in [1.82, 2.24) is 35.1 Å². The largest absolute Gasteiger partial charge is 0.457 e. The SMILES string of the molecule is C=C/C=C(\N(C)N1CCN(CCc2ccc3c(c2C)COC3=O)CC1)n1cnnn1. The molecule has 2 aliphatic heterocycles. The van der Waals surface area contributed by atoms with E-state index in [-0.39, 0.29) is 5.97 Å². The van der Waals surface area contributed by atoms with E-state index in [1.165, 1.54) is 11.1 Å². The van der Waals surface area contributed by atoms with Crippen LogP contribution >= 0.6 is 0 Å². The first kappa shape index (κ1) is 20.2. The highest BCUT2D eigenvalue weighted by Gasteiger charge is 2.25. The number of rotatable bonds is 7. The van der Waals surface area contributed by atoms with Gasteiger partial charge in [-0.05, 0) is 47.0 Å². The Kier molecular flexibility index (Phi) is 5.91. The lowest BCUT2D eigenvalue weighted by atomic mass is 9.96. The van der Waals surface area contributed by atoms with Crippen molar-refractivity contribution in [3.63, 3.8) is 0 Å². The lowest BCUT2D eigenvalue weighted by Gasteiger charge is -2.40. The number of allylic oxidation sites excluding steroid dienone is 2. The number of ether oxygens (including phenoxy) is 1. The molecule has 9 heteroatoms. The molecule has 1 aromatic heterocycles. The Labute approximate surface area is 176 Å². The van der Waals surface area contributed by atoms with Gasteiger partial charge in [-0.1, -0.05) is 18.7 Å². The monoisotopic (exact) mass is 409 g/mol. The summed E-state index contributed by atoms with van der Waals surface area (Å²) in [5, 5.41) is 15.8. The van der Waals surface area contributed by atoms with Gasteiger partial charge < -0.3 is 9.64 Å². The van der Waals surface area contributed by atoms with Crippen LogP contribution in [0.2, 0.25) is 0 Å². The van der Waals surface area contributed by atoms with E-state index < -0.39 is 0 Å². The zero-order valence-electron chi connectivity index (χ0n) is 17.5. The highest BCUT2D eigenvalue weighted by molar-refractivity contribution is 5.93. The first-order valence-electron chi connectivity index (χ1n) is 10.1. The first-order chi connectivity index (χ1) is 14.6. The number of carbonyl (C=O) groups is 1. The molecule has 2 aromatic rings. The Morgan fingerprint density at radius 2 is 2.10 bits per heavy atom. The minimum Gasteiger partial charge on any atom is -0.457 e. The van der Waals surface area contributed by atoms with Crippen LogP contribution in [0, 0.1) is 6.92 Å². The number of cyclic esters (lactones) is 1. The maximum Gasteiger partial charge on any atom is 0.338 e. The molecule has 0 aliphatic carbocycles. The fraction of sp³-hybridized carbons (Fsp3) is 0.429. The number of carbonyl (C=O) groups excluding carboxylic acids is 1. The summed E-state index contributed by atoms with van der Waals surface area (Å²) in [6.07, 6.45) is 6.18. The summed E-state index contributed by atoms with van der Waals surface area (Å²) in [4.78, 5) is 14.2. The number of fused-ring (bicyclic) bond motifs is 1. The third kappa shape index (κ3) is 3.99. The number of hydrazine groups is 1. The van der Waals surface area contributed by atoms with Gasteiger partial charge in [0.15, 0.2) is 0 Å². The summed E-state index contributed by atoms with van der Waals surface area (Å²) in [5.74, 6) is 0.653. The van der Waals surface area contributed by atoms with Crippen LogP contribution in [-0.2, 0) is 17.8 Å². The quantitative estimate of drug-likeness (QED) is 0.501. The molecule has 1 fully saturated rings. The fourth-order valence-electron chi connectivity index (χ4n) is 4.06. The Morgan fingerprint density at radius 1 is 1.30 bits per heavy atom. The minimum atomic E-state index is -0.202. The Bertz CT molecular complexity index is 947. The van der Waals surface area contributed by atoms with Crippen molar-refractivity contribution in [3.05, 3.63) is 59.4 Å². The van der Waals surface area contributed by atoms with Crippen molar-refractivity contribution < 1.29 is 9.53 Å². The van der Waals surface area contributed by atoms with E-state index >= 15 is 0 Å². The summed E-state index contributed by atoms with van der Waals surface area (Å²) in [6.45, 7) is 11.1. The maximum atomic E-state index is 11.7. The molecule has 0 atom stereocenters. The van der Waals surface area contributed by atoms with Crippen LogP contribution in [0.5, 0.6) is 0 Å². The van der Waals surface area contributed by atoms with Gasteiger partial charge in [0, 0.05) is 45.3 Å². The van der Waals surface area contributed by atoms with Crippen molar-refractivity contribution >= 4 is 11.8 Å². The zero-order chi connectivity index (χ0) is 21.1. The third-order valence-electron chi connectivity index (χ3n) is 5.93. The second-order valence-corrected chi connectivity index (χ2v) is 7.54. The standard InChI is InChI=1S/C21H27N7O2/c1-4-5-20(28-15-22-23-24-28)25(3)27-12-10-26(11-13-27)9-8-17-6-7-18-19(16(17)2)14-30-21(18)29/h4-7,15H,1,8-14H2,2-3H3/b20-5+. The summed E-state index contributed by atoms with van der Waals surface area (Å²) in [7, 11) is 2.02. The van der Waals surface area contributed by atoms with Gasteiger partial charge in [-0.3, -0.25) is 5.01 Å². The van der Waals surface area contributed by atoms with E-state index in [0.717, 1.165) is 56.1 Å². The molecule has 1 aromatic carbocycles. The van der Waals surface area contributed by atoms with E-state index in [1.807, 2.05) is 19.2 Å². The summed E-state index contributed by atoms with van der Waals surface area (Å²) >= 11 is 0. The van der Waals surface area contributed by atoms with Gasteiger partial charge in [-0.2, -0.15) is 4.68 Å². The van der Waals surface area contributed by atoms with E-state index in [4.69, 9.17) is 4.74 Å². The van der Waals surface area contributed by atoms with Crippen molar-refractivity contribution in [2.45, 2.75) is 20.0 Å². The molecular weight excluding hydrogens is 382 g/mol. The van der Waals surface area contributed by atoms with E-state index in [9.17, 15) is 4.79 Å². The van der Waals surface area contributed by atoms with Crippen LogP contribution in [-0.4, -0.2) is 80.9 Å². The van der Waals surface area contributed by atoms with Crippen molar-refractivity contribution in [3.8, 4) is 0 Å². The molecule has 0 amide bonds. The third-order valence-corrected chi connectivity index (χ3v) is 5.93. The topological polar surface area (TPSA) is 79.6 Å². The smallest absolute Gasteiger partial charge is 0.338 e. The first-order valence-corrected chi connectivity index (χ1v) is 10.1. The number of benzene rings is 1. The molecule has 0 bridgehead atoms. The van der Waals surface area contributed by atoms with Crippen LogP contribution in [0.1, 0.15) is 27.0 Å². The van der Waals surface area contributed by atoms with E-state index in [1.54, 1.807) is 17.1 Å². The van der Waals surface area contributed by atoms with Gasteiger partial charge in [0.25, 0.3) is 0 Å². The Hall–Kier alpha value is -3.04. The Morgan fingerprint density at radius 3 is 2.80 bits per heavy atom. The van der Waals surface area contributed by atoms with Gasteiger partial charge in [-0.25, -0.2) is 9.80 Å². The van der Waals surface area contributed by atoms with Crippen LogP contribution in [0.25, 0.3) is 5.82 Å². The molecule has 4 rings (SSSR count). The van der Waals surface area contributed by atoms with Crippen LogP contribution in [0.15, 0.2) is 37.2 Å². The number of esters is 1. The van der Waals surface area contributed by atoms with Gasteiger partial charge in [0.2, 0.25) is 0 Å². The molecular formula is C21H27N7O2. The molecule has 0 unspecified atom stereocenters. The van der Waals surface area contributed by atoms with Gasteiger partial charge in [-0.15, -0.1) is 5.10 Å². The second-order valence-electron chi connectivity index (χ2n) is 7.54. The van der Waals surface area contributed by atoms with Gasteiger partial charge >= 0.3 is 5.97 Å². The predicted molar refractivity (Wildman–Crippen MR) is 112 cm³/mol. The zero-order valence-corrected chi connectivity index (χ0v) is 17.5. The van der Waals surface area contributed by atoms with E-state index in [0.29, 0.717) is 6.61 Å². The highest BCUT2D eigenvalue weighted by atomic mass is 16.5. The molecule has 30 heavy (non-hydrogen) atoms. The van der Waals surface area contributed by atoms with Crippen LogP contribution in [0.3, 0.4) is 0 Å². The van der Waals surface area contributed by atoms with E-state index in [2.05, 4.69) is 50.0 Å². The fourth-order valence-corrected chi connectivity index (χ4v) is 4.06. The molecule has 9 nitrogen and oxygen atoms in total. The van der Waals surface area contributed by atoms with Gasteiger partial charge in [0.1, 0.15) is 18.8 Å². The summed E-state index contributed by atoms with van der Waals surface area (Å²) < 4.78 is 6.81. The second kappa shape index (κ2) is 8.76. The molecule has 0 saturated carbocycles. The normalized spacial score (nSPS) is 17.7. The molecule has 0 radical (unpaired) electrons. The molecule has 0 N–H and O–H groups in total. The van der Waals surface area contributed by atoms with Crippen molar-refractivity contribution in [1.29, 1.82) is 0 Å². The van der Waals surface area contributed by atoms with Gasteiger partial charge in [0.05, 0.1) is 5.56 Å². The predicted octanol–water partition coefficient (Wildman–Crippen LogP) is 1.34. The summed E-state index contributed by atoms with van der Waals surface area (Å²) in [5.41, 5.74) is 4.26. The molecule has 0 spiro atoms. The lowest BCUT2D eigenvalue weighted by Crippen LogP contribution is -2.52. The average molecular weight is 409 g/mol.